The monoisotopic (exact) mass is 2000 g/mol. The molecule has 18 fully saturated rings. The molecule has 21 aliphatic heterocycles. The lowest BCUT2D eigenvalue weighted by Crippen LogP contribution is -2.53. The van der Waals surface area contributed by atoms with Crippen molar-refractivity contribution in [1.29, 1.82) is 0 Å². The van der Waals surface area contributed by atoms with Crippen LogP contribution in [0.2, 0.25) is 0 Å². The maximum absolute atomic E-state index is 12.2. The highest BCUT2D eigenvalue weighted by molar-refractivity contribution is 5.81. The van der Waals surface area contributed by atoms with Crippen LogP contribution in [0.25, 0.3) is 0 Å². The largest absolute Gasteiger partial charge is 0.453 e. The van der Waals surface area contributed by atoms with E-state index < -0.39 is 0 Å². The molecule has 4 aliphatic carbocycles. The van der Waals surface area contributed by atoms with E-state index in [0.29, 0.717) is 107 Å². The first-order valence-corrected chi connectivity index (χ1v) is 54.8. The van der Waals surface area contributed by atoms with Crippen LogP contribution in [0.15, 0.2) is 70.1 Å². The molecule has 13 unspecified atom stereocenters. The molecular formula is C106H158N18O20. The number of nitrogens with one attached hydrogen (secondary N) is 6. The molecule has 25 aliphatic rings. The van der Waals surface area contributed by atoms with Gasteiger partial charge in [-0.15, -0.1) is 0 Å². The summed E-state index contributed by atoms with van der Waals surface area (Å²) in [5, 5.41) is 17.6. The predicted molar refractivity (Wildman–Crippen MR) is 530 cm³/mol. The number of alkyl carbamates (subject to hydrolysis) is 2. The van der Waals surface area contributed by atoms with E-state index in [1.807, 2.05) is 64.0 Å². The molecule has 792 valence electrons. The van der Waals surface area contributed by atoms with Crippen LogP contribution in [-0.2, 0) is 57.1 Å². The van der Waals surface area contributed by atoms with Gasteiger partial charge in [-0.1, -0.05) is 18.2 Å². The second kappa shape index (κ2) is 43.4. The number of rotatable bonds is 11. The topological polar surface area (TPSA) is 390 Å². The van der Waals surface area contributed by atoms with Gasteiger partial charge in [0.2, 0.25) is 23.6 Å². The minimum Gasteiger partial charge on any atom is -0.453 e. The van der Waals surface area contributed by atoms with Crippen molar-refractivity contribution in [2.45, 2.75) is 275 Å². The van der Waals surface area contributed by atoms with Crippen molar-refractivity contribution in [1.82, 2.24) is 90.7 Å². The Bertz CT molecular complexity index is 4790. The first-order chi connectivity index (χ1) is 69.6. The van der Waals surface area contributed by atoms with Crippen LogP contribution < -0.4 is 31.9 Å². The summed E-state index contributed by atoms with van der Waals surface area (Å²) < 4.78 is 41.9. The van der Waals surface area contributed by atoms with Gasteiger partial charge in [-0.05, 0) is 214 Å². The molecule has 21 heterocycles. The van der Waals surface area contributed by atoms with Gasteiger partial charge in [-0.25, -0.2) is 38.4 Å². The average Bonchev–Trinajstić information content (AvgIpc) is 1.68. The molecule has 0 aromatic rings. The maximum atomic E-state index is 12.2. The van der Waals surface area contributed by atoms with Crippen molar-refractivity contribution in [3.05, 3.63) is 70.1 Å². The lowest BCUT2D eigenvalue weighted by atomic mass is 9.73. The van der Waals surface area contributed by atoms with Crippen molar-refractivity contribution < 1.29 is 95.4 Å². The second-order valence-electron chi connectivity index (χ2n) is 45.7. The summed E-state index contributed by atoms with van der Waals surface area (Å²) in [5.74, 6) is 3.16. The number of fused-ring (bicyclic) bond motifs is 12. The Morgan fingerprint density at radius 2 is 0.722 bits per heavy atom. The van der Waals surface area contributed by atoms with E-state index in [2.05, 4.69) is 91.7 Å². The van der Waals surface area contributed by atoms with Crippen molar-refractivity contribution in [3.8, 4) is 0 Å². The van der Waals surface area contributed by atoms with Gasteiger partial charge in [0, 0.05) is 285 Å². The maximum Gasteiger partial charge on any atom is 0.410 e. The number of carbonyl (C=O) groups excluding carboxylic acids is 12. The fraction of sp³-hybridized carbons (Fsp3) is 0.774. The molecule has 13 atom stereocenters. The third kappa shape index (κ3) is 22.3. The van der Waals surface area contributed by atoms with Crippen LogP contribution in [0.3, 0.4) is 0 Å². The van der Waals surface area contributed by atoms with E-state index in [1.165, 1.54) is 46.9 Å². The summed E-state index contributed by atoms with van der Waals surface area (Å²) in [7, 11) is 1.45. The Kier molecular flexibility index (Phi) is 30.7. The first-order valence-electron chi connectivity index (χ1n) is 54.8. The number of nitrogens with zero attached hydrogens (tertiary/aromatic N) is 12. The Morgan fingerprint density at radius 1 is 0.347 bits per heavy atom. The Labute approximate surface area is 847 Å². The Hall–Kier alpha value is -10.7. The normalized spacial score (nSPS) is 32.1. The molecule has 0 aromatic heterocycles. The molecule has 18 saturated heterocycles. The third-order valence-electron chi connectivity index (χ3n) is 36.6. The SMILES string of the molecule is CCOC(=O)N1C2C=C(N3CCCC4(CC3)CNC(=O)C4)CC1CC2.CCOC(=O)N1C2C=C(N3CCCC4(CC3)CNC(=O)O4)CC1CC2.CCOC(=O)N1CC2=C(N3CCC4(CC3)CNC(=O)C4)C(C2)C1.CCOC(=O)N1CC2C=C(N3CCC4(CC3)CNC(=O)C4)CC1C2.CCOC(=O)N1CC2C=C(N3CCC4(CC3)CNC(=O)O4)CC1C2.COC(=O)N1CC2C=C(N3CCC4(CC3)CNC(=O)C4)C(C2)C1. The minimum absolute atomic E-state index is 0.157. The summed E-state index contributed by atoms with van der Waals surface area (Å²) in [6.45, 7) is 32.7. The van der Waals surface area contributed by atoms with E-state index in [-0.39, 0.29) is 135 Å². The molecular weight excluding hydrogens is 1850 g/mol. The molecule has 6 spiro atoms. The number of amides is 12. The van der Waals surface area contributed by atoms with Crippen LogP contribution in [0.1, 0.15) is 227 Å². The second-order valence-corrected chi connectivity index (χ2v) is 45.7. The van der Waals surface area contributed by atoms with Crippen LogP contribution in [0, 0.1) is 51.2 Å². The van der Waals surface area contributed by atoms with Gasteiger partial charge in [-0.2, -0.15) is 0 Å². The summed E-state index contributed by atoms with van der Waals surface area (Å²) in [6.07, 6.45) is 39.5. The molecule has 0 aromatic carbocycles. The zero-order chi connectivity index (χ0) is 100. The summed E-state index contributed by atoms with van der Waals surface area (Å²) >= 11 is 0. The number of methoxy groups -OCH3 is 1. The molecule has 0 radical (unpaired) electrons. The molecule has 38 heteroatoms. The quantitative estimate of drug-likeness (QED) is 0.105. The van der Waals surface area contributed by atoms with Gasteiger partial charge in [0.05, 0.1) is 65.3 Å². The van der Waals surface area contributed by atoms with Crippen molar-refractivity contribution in [3.63, 3.8) is 0 Å². The minimum atomic E-state index is -0.322. The van der Waals surface area contributed by atoms with E-state index in [9.17, 15) is 57.5 Å². The zero-order valence-corrected chi connectivity index (χ0v) is 86.0. The molecule has 144 heavy (non-hydrogen) atoms. The average molecular weight is 2000 g/mol. The highest BCUT2D eigenvalue weighted by Gasteiger charge is 2.54. The van der Waals surface area contributed by atoms with Crippen molar-refractivity contribution in [2.24, 2.45) is 51.2 Å². The predicted octanol–water partition coefficient (Wildman–Crippen LogP) is 10.4. The fourth-order valence-corrected chi connectivity index (χ4v) is 28.8. The lowest BCUT2D eigenvalue weighted by Gasteiger charge is -2.51. The van der Waals surface area contributed by atoms with Gasteiger partial charge in [-0.3, -0.25) is 29.0 Å². The Balaban J connectivity index is 0.000000109. The van der Waals surface area contributed by atoms with E-state index in [0.717, 1.165) is 311 Å². The van der Waals surface area contributed by atoms with Gasteiger partial charge in [0.1, 0.15) is 11.2 Å². The fourth-order valence-electron chi connectivity index (χ4n) is 28.8. The Morgan fingerprint density at radius 3 is 1.12 bits per heavy atom. The highest BCUT2D eigenvalue weighted by Crippen LogP contribution is 2.51. The van der Waals surface area contributed by atoms with E-state index in [1.54, 1.807) is 0 Å². The van der Waals surface area contributed by atoms with Crippen LogP contribution in [0.4, 0.5) is 38.4 Å². The number of piperidine rings is 6. The van der Waals surface area contributed by atoms with Crippen LogP contribution in [0.5, 0.6) is 0 Å². The van der Waals surface area contributed by atoms with Crippen molar-refractivity contribution >= 4 is 72.4 Å². The lowest BCUT2D eigenvalue weighted by molar-refractivity contribution is -0.120. The van der Waals surface area contributed by atoms with Gasteiger partial charge in [0.15, 0.2) is 0 Å². The third-order valence-corrected chi connectivity index (χ3v) is 36.6. The standard InChI is InChI=1S/C19H29N3O3.C18H27N3O4.C18H27N3O3.C17H25N3O4.2C17H25N3O3/c1-2-25-18(24)22-14-4-5-15(22)11-16(10-14)21-8-3-6-19(7-9-21)12-17(23)20-13-19;1-2-24-17(23)21-13-4-5-14(21)11-15(10-13)20-8-3-6-18(7-9-20)12-19-16(22)25-18;1-2-24-17(23)21-11-13-7-14(9-15(21)8-13)20-5-3-18(4-6-20)10-16(22)19-12-18;1-2-23-16(22)20-10-12-7-13(9-14(20)8-12)19-5-3-17(4-6-19)11-18-15(21)24-17;1-23-16(22)20-9-12-6-13(10-20)14(7-12)19-4-2-17(3-5-19)8-15(21)18-11-17;1-2-23-16(22)20-9-12-7-13(10-20)15(12)19-5-3-17(4-6-19)8-14(21)18-11-17/h10,14-15H,2-9,11-13H2,1H3,(H,20,23);10,13-14H,2-9,11-12H2,1H3,(H,19,22);7,13,15H,2-6,8-12H2,1H3,(H,19,22);7,12,14H,2-6,8-11H2,1H3,(H,18,21);7,12-13H,2-6,8-11H2,1H3,(H,18,21);12H,2-11H2,1H3,(H,18,21). The first kappa shape index (κ1) is 102. The zero-order valence-electron chi connectivity index (χ0n) is 86.0. The molecule has 38 nitrogen and oxygen atoms in total. The molecule has 25 rings (SSSR count). The van der Waals surface area contributed by atoms with Crippen LogP contribution >= 0.6 is 0 Å². The van der Waals surface area contributed by atoms with Gasteiger partial charge >= 0.3 is 48.7 Å². The van der Waals surface area contributed by atoms with Gasteiger partial charge < -0.3 is 119 Å². The number of ether oxygens (including phenoxy) is 8. The number of hydrogen-bond acceptors (Lipinski definition) is 26. The number of likely N-dealkylation sites (tertiary alicyclic amines) is 9. The van der Waals surface area contributed by atoms with Crippen LogP contribution in [-0.4, -0.2) is 376 Å². The van der Waals surface area contributed by atoms with E-state index in [4.69, 9.17) is 37.9 Å². The molecule has 12 amide bonds. The molecule has 6 N–H and O–H groups in total. The van der Waals surface area contributed by atoms with Crippen molar-refractivity contribution in [2.75, 3.05) is 197 Å². The summed E-state index contributed by atoms with van der Waals surface area (Å²) in [4.78, 5) is 168. The number of carbonyl (C=O) groups is 12. The summed E-state index contributed by atoms with van der Waals surface area (Å²) in [5.41, 5.74) is 9.95. The smallest absolute Gasteiger partial charge is 0.410 e. The van der Waals surface area contributed by atoms with E-state index >= 15 is 0 Å². The number of hydrogen-bond donors (Lipinski definition) is 6. The molecule has 0 saturated carbocycles. The summed E-state index contributed by atoms with van der Waals surface area (Å²) in [6, 6.07) is 1.45. The molecule has 12 bridgehead atoms. The van der Waals surface area contributed by atoms with Gasteiger partial charge in [0.25, 0.3) is 0 Å². The highest BCUT2D eigenvalue weighted by atomic mass is 16.6.